The van der Waals surface area contributed by atoms with Crippen LogP contribution in [0.5, 0.6) is 11.5 Å². The third kappa shape index (κ3) is 4.98. The van der Waals surface area contributed by atoms with Gasteiger partial charge in [-0.25, -0.2) is 9.97 Å². The molecule has 11 heteroatoms. The Hall–Kier alpha value is -2.66. The topological polar surface area (TPSA) is 100 Å². The Balaban J connectivity index is 1.72. The molecule has 0 amide bonds. The van der Waals surface area contributed by atoms with Crippen LogP contribution >= 0.6 is 11.6 Å². The number of halogens is 1. The van der Waals surface area contributed by atoms with Crippen molar-refractivity contribution in [3.8, 4) is 11.5 Å². The molecule has 0 bridgehead atoms. The van der Waals surface area contributed by atoms with Crippen LogP contribution in [0.15, 0.2) is 36.7 Å². The van der Waals surface area contributed by atoms with Gasteiger partial charge in [0.25, 0.3) is 10.1 Å². The second-order valence-corrected chi connectivity index (χ2v) is 9.66. The number of fused-ring (bicyclic) bond motifs is 2. The van der Waals surface area contributed by atoms with E-state index in [4.69, 9.17) is 30.0 Å². The maximum Gasteiger partial charge on any atom is 0.264 e. The molecule has 1 aliphatic heterocycles. The highest BCUT2D eigenvalue weighted by Gasteiger charge is 2.27. The zero-order valence-electron chi connectivity index (χ0n) is 18.6. The van der Waals surface area contributed by atoms with E-state index in [0.29, 0.717) is 22.0 Å². The molecule has 33 heavy (non-hydrogen) atoms. The Morgan fingerprint density at radius 2 is 1.91 bits per heavy atom. The smallest absolute Gasteiger partial charge is 0.264 e. The fraction of sp³-hybridized carbons (Fsp3) is 0.364. The van der Waals surface area contributed by atoms with E-state index in [2.05, 4.69) is 14.9 Å². The molecule has 0 fully saturated rings. The van der Waals surface area contributed by atoms with Crippen molar-refractivity contribution < 1.29 is 26.8 Å². The summed E-state index contributed by atoms with van der Waals surface area (Å²) >= 11 is 6.23. The van der Waals surface area contributed by atoms with Gasteiger partial charge in [0.2, 0.25) is 6.29 Å². The zero-order valence-corrected chi connectivity index (χ0v) is 20.2. The minimum Gasteiger partial charge on any atom is -0.493 e. The largest absolute Gasteiger partial charge is 0.493 e. The van der Waals surface area contributed by atoms with E-state index < -0.39 is 22.5 Å². The van der Waals surface area contributed by atoms with Crippen LogP contribution in [0.25, 0.3) is 10.9 Å². The summed E-state index contributed by atoms with van der Waals surface area (Å²) in [5.41, 5.74) is 2.83. The fourth-order valence-corrected chi connectivity index (χ4v) is 4.68. The number of aromatic nitrogens is 2. The molecule has 1 aliphatic rings. The van der Waals surface area contributed by atoms with Crippen LogP contribution in [0, 0.1) is 0 Å². The zero-order chi connectivity index (χ0) is 23.8. The van der Waals surface area contributed by atoms with Crippen molar-refractivity contribution in [1.82, 2.24) is 9.97 Å². The standard InChI is InChI=1S/C22H24ClN3O6S/c1-13(32-33(4,27)28)22(30-3)31-20-11-17-16(10-19(20)29-2)21(25-12-24-17)26-8-7-14-5-6-15(23)9-18(14)26/h5-6,9-13,22H,7-8H2,1-4H3. The summed E-state index contributed by atoms with van der Waals surface area (Å²) in [6, 6.07) is 9.33. The first kappa shape index (κ1) is 23.5. The van der Waals surface area contributed by atoms with Crippen molar-refractivity contribution in [2.45, 2.75) is 25.7 Å². The number of nitrogens with zero attached hydrogens (tertiary/aromatic N) is 3. The molecule has 0 spiro atoms. The summed E-state index contributed by atoms with van der Waals surface area (Å²) in [5.74, 6) is 1.47. The van der Waals surface area contributed by atoms with Crippen molar-refractivity contribution in [2.24, 2.45) is 0 Å². The number of anilines is 2. The molecule has 0 saturated heterocycles. The maximum atomic E-state index is 11.5. The minimum absolute atomic E-state index is 0.329. The highest BCUT2D eigenvalue weighted by Crippen LogP contribution is 2.41. The minimum atomic E-state index is -3.69. The summed E-state index contributed by atoms with van der Waals surface area (Å²) in [7, 11) is -0.777. The van der Waals surface area contributed by atoms with E-state index >= 15 is 0 Å². The van der Waals surface area contributed by atoms with Crippen LogP contribution in [-0.2, 0) is 25.5 Å². The molecule has 176 valence electrons. The molecular formula is C22H24ClN3O6S. The molecular weight excluding hydrogens is 470 g/mol. The average molecular weight is 494 g/mol. The third-order valence-electron chi connectivity index (χ3n) is 5.28. The molecule has 0 aliphatic carbocycles. The molecule has 3 aromatic rings. The molecule has 0 N–H and O–H groups in total. The number of ether oxygens (including phenoxy) is 3. The summed E-state index contributed by atoms with van der Waals surface area (Å²) in [4.78, 5) is 11.0. The lowest BCUT2D eigenvalue weighted by Crippen LogP contribution is -2.35. The van der Waals surface area contributed by atoms with Gasteiger partial charge in [-0.15, -0.1) is 0 Å². The summed E-state index contributed by atoms with van der Waals surface area (Å²) in [5, 5.41) is 1.42. The van der Waals surface area contributed by atoms with Crippen molar-refractivity contribution in [2.75, 3.05) is 31.9 Å². The number of methoxy groups -OCH3 is 2. The first-order valence-corrected chi connectivity index (χ1v) is 12.4. The van der Waals surface area contributed by atoms with Gasteiger partial charge in [-0.1, -0.05) is 17.7 Å². The average Bonchev–Trinajstić information content (AvgIpc) is 3.17. The molecule has 2 atom stereocenters. The van der Waals surface area contributed by atoms with E-state index in [0.717, 1.165) is 36.1 Å². The Kier molecular flexibility index (Phi) is 6.62. The van der Waals surface area contributed by atoms with Crippen molar-refractivity contribution in [3.05, 3.63) is 47.2 Å². The molecule has 2 aromatic carbocycles. The lowest BCUT2D eigenvalue weighted by molar-refractivity contribution is -0.111. The summed E-state index contributed by atoms with van der Waals surface area (Å²) in [6.45, 7) is 2.30. The quantitative estimate of drug-likeness (QED) is 0.343. The Labute approximate surface area is 197 Å². The Bertz CT molecular complexity index is 1290. The van der Waals surface area contributed by atoms with E-state index in [-0.39, 0.29) is 0 Å². The van der Waals surface area contributed by atoms with E-state index in [1.807, 2.05) is 18.2 Å². The van der Waals surface area contributed by atoms with Gasteiger partial charge in [0.1, 0.15) is 18.2 Å². The number of benzene rings is 2. The van der Waals surface area contributed by atoms with Crippen LogP contribution in [0.2, 0.25) is 5.02 Å². The van der Waals surface area contributed by atoms with Crippen molar-refractivity contribution in [3.63, 3.8) is 0 Å². The molecule has 0 saturated carbocycles. The van der Waals surface area contributed by atoms with Crippen molar-refractivity contribution in [1.29, 1.82) is 0 Å². The lowest BCUT2D eigenvalue weighted by atomic mass is 10.1. The number of hydrogen-bond donors (Lipinski definition) is 0. The SMILES string of the molecule is COc1cc2c(N3CCc4ccc(Cl)cc43)ncnc2cc1OC(OC)C(C)OS(C)(=O)=O. The number of rotatable bonds is 8. The van der Waals surface area contributed by atoms with Crippen LogP contribution in [0.1, 0.15) is 12.5 Å². The summed E-state index contributed by atoms with van der Waals surface area (Å²) < 4.78 is 44.8. The molecule has 0 radical (unpaired) electrons. The van der Waals surface area contributed by atoms with Gasteiger partial charge in [-0.2, -0.15) is 8.42 Å². The van der Waals surface area contributed by atoms with E-state index in [1.54, 1.807) is 19.1 Å². The predicted molar refractivity (Wildman–Crippen MR) is 125 cm³/mol. The fourth-order valence-electron chi connectivity index (χ4n) is 3.87. The van der Waals surface area contributed by atoms with E-state index in [1.165, 1.54) is 26.1 Å². The monoisotopic (exact) mass is 493 g/mol. The maximum absolute atomic E-state index is 11.5. The first-order valence-electron chi connectivity index (χ1n) is 10.2. The highest BCUT2D eigenvalue weighted by atomic mass is 35.5. The highest BCUT2D eigenvalue weighted by molar-refractivity contribution is 7.86. The lowest BCUT2D eigenvalue weighted by Gasteiger charge is -2.24. The van der Waals surface area contributed by atoms with E-state index in [9.17, 15) is 8.42 Å². The second-order valence-electron chi connectivity index (χ2n) is 7.62. The van der Waals surface area contributed by atoms with Gasteiger partial charge in [0.05, 0.1) is 18.9 Å². The van der Waals surface area contributed by atoms with Gasteiger partial charge in [-0.05, 0) is 37.1 Å². The van der Waals surface area contributed by atoms with Gasteiger partial charge in [0, 0.05) is 35.8 Å². The molecule has 2 heterocycles. The predicted octanol–water partition coefficient (Wildman–Crippen LogP) is 3.70. The third-order valence-corrected chi connectivity index (χ3v) is 6.17. The first-order chi connectivity index (χ1) is 15.7. The number of hydrogen-bond acceptors (Lipinski definition) is 9. The normalized spacial score (nSPS) is 15.4. The molecule has 2 unspecified atom stereocenters. The van der Waals surface area contributed by atoms with Crippen LogP contribution in [0.3, 0.4) is 0 Å². The van der Waals surface area contributed by atoms with Crippen LogP contribution < -0.4 is 14.4 Å². The molecule has 9 nitrogen and oxygen atoms in total. The van der Waals surface area contributed by atoms with Gasteiger partial charge < -0.3 is 19.1 Å². The Morgan fingerprint density at radius 1 is 1.12 bits per heavy atom. The molecule has 4 rings (SSSR count). The molecule has 1 aromatic heterocycles. The van der Waals surface area contributed by atoms with Gasteiger partial charge >= 0.3 is 0 Å². The summed E-state index contributed by atoms with van der Waals surface area (Å²) in [6.07, 6.45) is 1.44. The second kappa shape index (κ2) is 9.30. The van der Waals surface area contributed by atoms with Crippen LogP contribution in [-0.4, -0.2) is 57.8 Å². The van der Waals surface area contributed by atoms with Crippen LogP contribution in [0.4, 0.5) is 11.5 Å². The Morgan fingerprint density at radius 3 is 2.61 bits per heavy atom. The van der Waals surface area contributed by atoms with Gasteiger partial charge in [0.15, 0.2) is 11.5 Å². The van der Waals surface area contributed by atoms with Crippen molar-refractivity contribution >= 4 is 44.1 Å². The van der Waals surface area contributed by atoms with Gasteiger partial charge in [-0.3, -0.25) is 4.18 Å².